The second kappa shape index (κ2) is 6.43. The summed E-state index contributed by atoms with van der Waals surface area (Å²) < 4.78 is 0.765. The molecule has 0 bridgehead atoms. The van der Waals surface area contributed by atoms with E-state index in [-0.39, 0.29) is 11.9 Å². The average Bonchev–Trinajstić information content (AvgIpc) is 2.45. The Balaban J connectivity index is 2.14. The molecule has 0 aliphatic heterocycles. The largest absolute Gasteiger partial charge is 0.344 e. The van der Waals surface area contributed by atoms with Crippen molar-refractivity contribution in [2.24, 2.45) is 0 Å². The maximum Gasteiger partial charge on any atom is 0.251 e. The van der Waals surface area contributed by atoms with Gasteiger partial charge in [0.05, 0.1) is 11.7 Å². The normalized spacial score (nSPS) is 11.9. The minimum Gasteiger partial charge on any atom is -0.344 e. The quantitative estimate of drug-likeness (QED) is 0.881. The summed E-state index contributed by atoms with van der Waals surface area (Å²) in [6, 6.07) is 8.96. The van der Waals surface area contributed by atoms with Gasteiger partial charge in [0.25, 0.3) is 5.91 Å². The molecule has 4 nitrogen and oxygen atoms in total. The molecule has 0 radical (unpaired) electrons. The van der Waals surface area contributed by atoms with Crippen LogP contribution in [0.3, 0.4) is 0 Å². The number of nitrogens with one attached hydrogen (secondary N) is 1. The summed E-state index contributed by atoms with van der Waals surface area (Å²) in [5.74, 6) is -0.115. The average molecular weight is 320 g/mol. The Labute approximate surface area is 120 Å². The van der Waals surface area contributed by atoms with E-state index in [0.29, 0.717) is 5.56 Å². The minimum atomic E-state index is -0.115. The summed E-state index contributed by atoms with van der Waals surface area (Å²) in [6.07, 6.45) is 3.99. The van der Waals surface area contributed by atoms with E-state index in [1.54, 1.807) is 24.5 Å². The van der Waals surface area contributed by atoms with Gasteiger partial charge in [-0.1, -0.05) is 13.0 Å². The number of carbonyl (C=O) groups excluding carboxylic acids is 1. The zero-order chi connectivity index (χ0) is 13.7. The highest BCUT2D eigenvalue weighted by molar-refractivity contribution is 9.10. The van der Waals surface area contributed by atoms with E-state index in [4.69, 9.17) is 0 Å². The van der Waals surface area contributed by atoms with Crippen LogP contribution in [0, 0.1) is 0 Å². The van der Waals surface area contributed by atoms with E-state index in [0.717, 1.165) is 16.7 Å². The summed E-state index contributed by atoms with van der Waals surface area (Å²) in [5.41, 5.74) is 1.45. The van der Waals surface area contributed by atoms with Crippen LogP contribution in [0.2, 0.25) is 0 Å². The molecular formula is C14H14BrN3O. The molecular weight excluding hydrogens is 306 g/mol. The van der Waals surface area contributed by atoms with Gasteiger partial charge in [0, 0.05) is 18.0 Å². The lowest BCUT2D eigenvalue weighted by Crippen LogP contribution is -2.28. The Morgan fingerprint density at radius 1 is 1.32 bits per heavy atom. The molecule has 0 aliphatic rings. The Morgan fingerprint density at radius 2 is 2.05 bits per heavy atom. The van der Waals surface area contributed by atoms with Crippen LogP contribution < -0.4 is 5.32 Å². The van der Waals surface area contributed by atoms with E-state index >= 15 is 0 Å². The van der Waals surface area contributed by atoms with E-state index in [1.165, 1.54) is 0 Å². The SMILES string of the molecule is CC[C@H](NC(=O)c1ccncc1)c1cccc(Br)n1. The fourth-order valence-electron chi connectivity index (χ4n) is 1.75. The van der Waals surface area contributed by atoms with E-state index in [2.05, 4.69) is 31.2 Å². The smallest absolute Gasteiger partial charge is 0.251 e. The molecule has 0 aliphatic carbocycles. The number of aromatic nitrogens is 2. The Bertz CT molecular complexity index is 560. The highest BCUT2D eigenvalue weighted by atomic mass is 79.9. The number of carbonyl (C=O) groups is 1. The molecule has 0 saturated carbocycles. The Hall–Kier alpha value is -1.75. The van der Waals surface area contributed by atoms with Crippen molar-refractivity contribution in [3.63, 3.8) is 0 Å². The van der Waals surface area contributed by atoms with Crippen LogP contribution in [0.1, 0.15) is 35.4 Å². The number of nitrogens with zero attached hydrogens (tertiary/aromatic N) is 2. The first kappa shape index (κ1) is 13.7. The van der Waals surface area contributed by atoms with Crippen LogP contribution in [-0.2, 0) is 0 Å². The molecule has 1 amide bonds. The maximum absolute atomic E-state index is 12.1. The first-order valence-electron chi connectivity index (χ1n) is 6.04. The monoisotopic (exact) mass is 319 g/mol. The van der Waals surface area contributed by atoms with Crippen LogP contribution in [0.15, 0.2) is 47.3 Å². The van der Waals surface area contributed by atoms with Crippen LogP contribution in [0.25, 0.3) is 0 Å². The molecule has 1 N–H and O–H groups in total. The lowest BCUT2D eigenvalue weighted by atomic mass is 10.1. The molecule has 0 aromatic carbocycles. The number of rotatable bonds is 4. The zero-order valence-electron chi connectivity index (χ0n) is 10.5. The lowest BCUT2D eigenvalue weighted by molar-refractivity contribution is 0.0934. The topological polar surface area (TPSA) is 54.9 Å². The fraction of sp³-hybridized carbons (Fsp3) is 0.214. The highest BCUT2D eigenvalue weighted by Crippen LogP contribution is 2.17. The molecule has 0 saturated heterocycles. The van der Waals surface area contributed by atoms with Crippen LogP contribution in [-0.4, -0.2) is 15.9 Å². The molecule has 0 fully saturated rings. The maximum atomic E-state index is 12.1. The van der Waals surface area contributed by atoms with Crippen molar-refractivity contribution in [2.45, 2.75) is 19.4 Å². The van der Waals surface area contributed by atoms with Crippen molar-refractivity contribution < 1.29 is 4.79 Å². The van der Waals surface area contributed by atoms with Gasteiger partial charge >= 0.3 is 0 Å². The van der Waals surface area contributed by atoms with Crippen LogP contribution in [0.4, 0.5) is 0 Å². The predicted octanol–water partition coefficient (Wildman–Crippen LogP) is 3.12. The van der Waals surface area contributed by atoms with E-state index < -0.39 is 0 Å². The first-order valence-corrected chi connectivity index (χ1v) is 6.83. The molecule has 2 aromatic heterocycles. The fourth-order valence-corrected chi connectivity index (χ4v) is 2.11. The van der Waals surface area contributed by atoms with Gasteiger partial charge in [0.2, 0.25) is 0 Å². The van der Waals surface area contributed by atoms with Crippen molar-refractivity contribution >= 4 is 21.8 Å². The van der Waals surface area contributed by atoms with Gasteiger partial charge in [-0.15, -0.1) is 0 Å². The first-order chi connectivity index (χ1) is 9.20. The molecule has 2 rings (SSSR count). The lowest BCUT2D eigenvalue weighted by Gasteiger charge is -2.16. The summed E-state index contributed by atoms with van der Waals surface area (Å²) >= 11 is 3.34. The van der Waals surface area contributed by atoms with Crippen LogP contribution in [0.5, 0.6) is 0 Å². The summed E-state index contributed by atoms with van der Waals surface area (Å²) in [6.45, 7) is 2.01. The Morgan fingerprint density at radius 3 is 2.68 bits per heavy atom. The van der Waals surface area contributed by atoms with Gasteiger partial charge in [0.15, 0.2) is 0 Å². The standard InChI is InChI=1S/C14H14BrN3O/c1-2-11(12-4-3-5-13(15)17-12)18-14(19)10-6-8-16-9-7-10/h3-9,11H,2H2,1H3,(H,18,19)/t11-/m0/s1. The molecule has 5 heteroatoms. The third-order valence-corrected chi connectivity index (χ3v) is 3.19. The number of halogens is 1. The van der Waals surface area contributed by atoms with Gasteiger partial charge < -0.3 is 5.32 Å². The molecule has 2 aromatic rings. The molecule has 0 spiro atoms. The van der Waals surface area contributed by atoms with Gasteiger partial charge in [-0.3, -0.25) is 9.78 Å². The molecule has 1 atom stereocenters. The predicted molar refractivity (Wildman–Crippen MR) is 76.7 cm³/mol. The van der Waals surface area contributed by atoms with Gasteiger partial charge in [-0.05, 0) is 46.6 Å². The zero-order valence-corrected chi connectivity index (χ0v) is 12.1. The molecule has 0 unspecified atom stereocenters. The third kappa shape index (κ3) is 3.61. The second-order valence-corrected chi connectivity index (χ2v) is 4.87. The van der Waals surface area contributed by atoms with Crippen molar-refractivity contribution in [2.75, 3.05) is 0 Å². The number of amides is 1. The molecule has 98 valence electrons. The van der Waals surface area contributed by atoms with Crippen LogP contribution >= 0.6 is 15.9 Å². The highest BCUT2D eigenvalue weighted by Gasteiger charge is 2.15. The molecule has 2 heterocycles. The summed E-state index contributed by atoms with van der Waals surface area (Å²) in [5, 5.41) is 2.98. The Kier molecular flexibility index (Phi) is 4.63. The number of pyridine rings is 2. The van der Waals surface area contributed by atoms with E-state index in [1.807, 2.05) is 25.1 Å². The van der Waals surface area contributed by atoms with Crippen molar-refractivity contribution in [1.82, 2.24) is 15.3 Å². The summed E-state index contributed by atoms with van der Waals surface area (Å²) in [7, 11) is 0. The molecule has 19 heavy (non-hydrogen) atoms. The van der Waals surface area contributed by atoms with E-state index in [9.17, 15) is 4.79 Å². The number of hydrogen-bond donors (Lipinski definition) is 1. The van der Waals surface area contributed by atoms with Crippen molar-refractivity contribution in [1.29, 1.82) is 0 Å². The second-order valence-electron chi connectivity index (χ2n) is 4.06. The van der Waals surface area contributed by atoms with Gasteiger partial charge in [-0.25, -0.2) is 4.98 Å². The minimum absolute atomic E-state index is 0.0989. The van der Waals surface area contributed by atoms with Gasteiger partial charge in [-0.2, -0.15) is 0 Å². The number of hydrogen-bond acceptors (Lipinski definition) is 3. The van der Waals surface area contributed by atoms with Gasteiger partial charge in [0.1, 0.15) is 4.60 Å². The summed E-state index contributed by atoms with van der Waals surface area (Å²) in [4.78, 5) is 20.4. The van der Waals surface area contributed by atoms with Crippen molar-refractivity contribution in [3.05, 3.63) is 58.6 Å². The third-order valence-electron chi connectivity index (χ3n) is 2.75. The van der Waals surface area contributed by atoms with Crippen molar-refractivity contribution in [3.8, 4) is 0 Å².